The summed E-state index contributed by atoms with van der Waals surface area (Å²) in [5, 5.41) is 1.94. The predicted octanol–water partition coefficient (Wildman–Crippen LogP) is 4.23. The number of allylic oxidation sites excluding steroid dienone is 1. The van der Waals surface area contributed by atoms with Gasteiger partial charge in [-0.2, -0.15) is 4.99 Å². The van der Waals surface area contributed by atoms with E-state index in [1.807, 2.05) is 22.1 Å². The molecule has 0 aliphatic heterocycles. The summed E-state index contributed by atoms with van der Waals surface area (Å²) < 4.78 is 16.0. The number of benzene rings is 1. The number of thiophene rings is 1. The normalized spacial score (nSPS) is 12.3. The lowest BCUT2D eigenvalue weighted by molar-refractivity contribution is -0.113. The largest absolute Gasteiger partial charge is 0.312 e. The topological polar surface area (TPSA) is 34.4 Å². The summed E-state index contributed by atoms with van der Waals surface area (Å²) in [6.45, 7) is 4.23. The fraction of sp³-hybridized carbons (Fsp3) is 0.0588. The van der Waals surface area contributed by atoms with Gasteiger partial charge in [0.1, 0.15) is 5.82 Å². The van der Waals surface area contributed by atoms with Crippen molar-refractivity contribution in [1.29, 1.82) is 0 Å². The van der Waals surface area contributed by atoms with Crippen LogP contribution >= 0.6 is 22.7 Å². The molecule has 0 atom stereocenters. The van der Waals surface area contributed by atoms with Crippen molar-refractivity contribution in [2.75, 3.05) is 0 Å². The van der Waals surface area contributed by atoms with Crippen LogP contribution in [-0.4, -0.2) is 10.5 Å². The maximum absolute atomic E-state index is 13.4. The number of hydrogen-bond donors (Lipinski definition) is 0. The summed E-state index contributed by atoms with van der Waals surface area (Å²) in [5.41, 5.74) is 0.838. The van der Waals surface area contributed by atoms with E-state index in [4.69, 9.17) is 0 Å². The second-order valence-electron chi connectivity index (χ2n) is 4.69. The van der Waals surface area contributed by atoms with Crippen LogP contribution in [0.4, 0.5) is 4.39 Å². The lowest BCUT2D eigenvalue weighted by Gasteiger charge is -2.00. The first-order valence-electron chi connectivity index (χ1n) is 6.87. The Kier molecular flexibility index (Phi) is 4.64. The van der Waals surface area contributed by atoms with Gasteiger partial charge in [-0.05, 0) is 35.7 Å². The molecule has 0 spiro atoms. The first-order chi connectivity index (χ1) is 11.2. The number of thiazole rings is 1. The van der Waals surface area contributed by atoms with Crippen LogP contribution in [-0.2, 0) is 11.3 Å². The highest BCUT2D eigenvalue weighted by Crippen LogP contribution is 2.18. The Morgan fingerprint density at radius 1 is 1.39 bits per heavy atom. The van der Waals surface area contributed by atoms with Crippen molar-refractivity contribution in [3.63, 3.8) is 0 Å². The van der Waals surface area contributed by atoms with E-state index in [1.54, 1.807) is 29.6 Å². The van der Waals surface area contributed by atoms with Crippen LogP contribution < -0.4 is 4.80 Å². The molecule has 0 N–H and O–H groups in total. The van der Waals surface area contributed by atoms with Crippen molar-refractivity contribution >= 4 is 44.9 Å². The van der Waals surface area contributed by atoms with Gasteiger partial charge in [0.2, 0.25) is 0 Å². The van der Waals surface area contributed by atoms with Gasteiger partial charge in [0.05, 0.1) is 10.2 Å². The standard InChI is InChI=1S/C17H13FN2OS2/c1-2-9-20-14-7-5-12(18)11-15(14)23-17(20)19-16(21)8-6-13-4-3-10-22-13/h2-8,10-11H,1,9H2/b8-6+,19-17?. The van der Waals surface area contributed by atoms with Gasteiger partial charge in [-0.15, -0.1) is 17.9 Å². The molecule has 0 saturated heterocycles. The summed E-state index contributed by atoms with van der Waals surface area (Å²) in [4.78, 5) is 17.7. The minimum Gasteiger partial charge on any atom is -0.312 e. The van der Waals surface area contributed by atoms with Crippen molar-refractivity contribution < 1.29 is 9.18 Å². The van der Waals surface area contributed by atoms with E-state index >= 15 is 0 Å². The summed E-state index contributed by atoms with van der Waals surface area (Å²) in [6, 6.07) is 8.39. The fourth-order valence-corrected chi connectivity index (χ4v) is 3.80. The van der Waals surface area contributed by atoms with Crippen LogP contribution in [0.25, 0.3) is 16.3 Å². The fourth-order valence-electron chi connectivity index (χ4n) is 2.11. The van der Waals surface area contributed by atoms with Gasteiger partial charge in [0.15, 0.2) is 4.80 Å². The molecular formula is C17H13FN2OS2. The van der Waals surface area contributed by atoms with Crippen molar-refractivity contribution in [2.24, 2.45) is 4.99 Å². The molecule has 0 aliphatic rings. The van der Waals surface area contributed by atoms with Gasteiger partial charge >= 0.3 is 0 Å². The van der Waals surface area contributed by atoms with Gasteiger partial charge in [-0.3, -0.25) is 4.79 Å². The average Bonchev–Trinajstić information content (AvgIpc) is 3.14. The Hall–Kier alpha value is -2.31. The third-order valence-corrected chi connectivity index (χ3v) is 4.97. The summed E-state index contributed by atoms with van der Waals surface area (Å²) in [6.07, 6.45) is 4.90. The number of carbonyl (C=O) groups excluding carboxylic acids is 1. The Morgan fingerprint density at radius 2 is 2.26 bits per heavy atom. The van der Waals surface area contributed by atoms with Crippen molar-refractivity contribution in [3.8, 4) is 0 Å². The van der Waals surface area contributed by atoms with Gasteiger partial charge in [-0.25, -0.2) is 4.39 Å². The highest BCUT2D eigenvalue weighted by molar-refractivity contribution is 7.16. The molecule has 0 aliphatic carbocycles. The van der Waals surface area contributed by atoms with E-state index in [1.165, 1.54) is 29.5 Å². The molecular weight excluding hydrogens is 331 g/mol. The molecule has 116 valence electrons. The third-order valence-electron chi connectivity index (χ3n) is 3.10. The third kappa shape index (κ3) is 3.55. The number of fused-ring (bicyclic) bond motifs is 1. The smallest absolute Gasteiger partial charge is 0.272 e. The molecule has 0 unspecified atom stereocenters. The van der Waals surface area contributed by atoms with Crippen LogP contribution in [0.3, 0.4) is 0 Å². The highest BCUT2D eigenvalue weighted by Gasteiger charge is 2.07. The molecule has 0 saturated carbocycles. The van der Waals surface area contributed by atoms with Crippen molar-refractivity contribution in [2.45, 2.75) is 6.54 Å². The van der Waals surface area contributed by atoms with Crippen LogP contribution in [0.15, 0.2) is 59.4 Å². The average molecular weight is 344 g/mol. The van der Waals surface area contributed by atoms with E-state index in [9.17, 15) is 9.18 Å². The Balaban J connectivity index is 2.01. The Labute approximate surface area is 140 Å². The van der Waals surface area contributed by atoms with Crippen molar-refractivity contribution in [3.05, 3.63) is 69.9 Å². The molecule has 0 bridgehead atoms. The molecule has 2 heterocycles. The number of rotatable bonds is 4. The zero-order chi connectivity index (χ0) is 16.2. The number of nitrogens with zero attached hydrogens (tertiary/aromatic N) is 2. The van der Waals surface area contributed by atoms with Gasteiger partial charge in [0.25, 0.3) is 5.91 Å². The number of carbonyl (C=O) groups is 1. The SMILES string of the molecule is C=CCn1c(=NC(=O)/C=C/c2cccs2)sc2cc(F)ccc21. The molecule has 0 fully saturated rings. The first kappa shape index (κ1) is 15.6. The number of aromatic nitrogens is 1. The van der Waals surface area contributed by atoms with Gasteiger partial charge in [-0.1, -0.05) is 23.5 Å². The van der Waals surface area contributed by atoms with Gasteiger partial charge < -0.3 is 4.57 Å². The predicted molar refractivity (Wildman–Crippen MR) is 93.9 cm³/mol. The summed E-state index contributed by atoms with van der Waals surface area (Å²) in [5.74, 6) is -0.650. The lowest BCUT2D eigenvalue weighted by atomic mass is 10.3. The van der Waals surface area contributed by atoms with Crippen LogP contribution in [0.1, 0.15) is 4.88 Å². The highest BCUT2D eigenvalue weighted by atomic mass is 32.1. The molecule has 1 amide bonds. The van der Waals surface area contributed by atoms with Crippen LogP contribution in [0.5, 0.6) is 0 Å². The minimum absolute atomic E-state index is 0.306. The summed E-state index contributed by atoms with van der Waals surface area (Å²) in [7, 11) is 0. The van der Waals surface area contributed by atoms with Crippen molar-refractivity contribution in [1.82, 2.24) is 4.57 Å². The Bertz CT molecular complexity index is 949. The molecule has 3 rings (SSSR count). The Morgan fingerprint density at radius 3 is 3.00 bits per heavy atom. The summed E-state index contributed by atoms with van der Waals surface area (Å²) >= 11 is 2.84. The van der Waals surface area contributed by atoms with Gasteiger partial charge in [0, 0.05) is 17.5 Å². The van der Waals surface area contributed by atoms with E-state index in [0.717, 1.165) is 15.1 Å². The molecule has 23 heavy (non-hydrogen) atoms. The number of hydrogen-bond acceptors (Lipinski definition) is 3. The van der Waals surface area contributed by atoms with E-state index in [2.05, 4.69) is 11.6 Å². The van der Waals surface area contributed by atoms with E-state index in [-0.39, 0.29) is 11.7 Å². The lowest BCUT2D eigenvalue weighted by Crippen LogP contribution is -2.15. The number of halogens is 1. The molecule has 1 aromatic carbocycles. The first-order valence-corrected chi connectivity index (χ1v) is 8.57. The zero-order valence-electron chi connectivity index (χ0n) is 12.1. The molecule has 6 heteroatoms. The zero-order valence-corrected chi connectivity index (χ0v) is 13.7. The minimum atomic E-state index is -0.344. The molecule has 3 aromatic rings. The second-order valence-corrected chi connectivity index (χ2v) is 6.68. The quantitative estimate of drug-likeness (QED) is 0.515. The number of amides is 1. The molecule has 3 nitrogen and oxygen atoms in total. The molecule has 2 aromatic heterocycles. The maximum Gasteiger partial charge on any atom is 0.272 e. The van der Waals surface area contributed by atoms with Crippen LogP contribution in [0.2, 0.25) is 0 Å². The monoisotopic (exact) mass is 344 g/mol. The van der Waals surface area contributed by atoms with Crippen LogP contribution in [0, 0.1) is 5.82 Å². The molecule has 0 radical (unpaired) electrons. The van der Waals surface area contributed by atoms with E-state index in [0.29, 0.717) is 11.3 Å². The maximum atomic E-state index is 13.4. The van der Waals surface area contributed by atoms with E-state index < -0.39 is 0 Å². The second kappa shape index (κ2) is 6.85.